The number of carbonyl (C=O) groups is 3. The second-order valence-corrected chi connectivity index (χ2v) is 12.4. The summed E-state index contributed by atoms with van der Waals surface area (Å²) in [5.41, 5.74) is 4.77. The maximum absolute atomic E-state index is 12.9. The smallest absolute Gasteiger partial charge is 0.416 e. The molecule has 0 aliphatic heterocycles. The van der Waals surface area contributed by atoms with Gasteiger partial charge in [-0.25, -0.2) is 19.6 Å². The van der Waals surface area contributed by atoms with Crippen LogP contribution in [0.15, 0.2) is 79.0 Å². The molecule has 4 aromatic rings. The van der Waals surface area contributed by atoms with Gasteiger partial charge in [-0.05, 0) is 75.2 Å². The van der Waals surface area contributed by atoms with Gasteiger partial charge in [0.15, 0.2) is 17.0 Å². The lowest BCUT2D eigenvalue weighted by atomic mass is 10.1. The first-order valence-electron chi connectivity index (χ1n) is 15.9. The number of aliphatic carboxylic acids is 2. The average Bonchev–Trinajstić information content (AvgIpc) is 3.10. The highest BCUT2D eigenvalue weighted by atomic mass is 19.4. The largest absolute Gasteiger partial charge is 0.478 e. The van der Waals surface area contributed by atoms with Gasteiger partial charge >= 0.3 is 18.1 Å². The summed E-state index contributed by atoms with van der Waals surface area (Å²) in [6.07, 6.45) is -2.82. The van der Waals surface area contributed by atoms with Crippen LogP contribution in [0.2, 0.25) is 0 Å². The van der Waals surface area contributed by atoms with Gasteiger partial charge in [0.1, 0.15) is 11.5 Å². The van der Waals surface area contributed by atoms with Gasteiger partial charge in [0.2, 0.25) is 0 Å². The van der Waals surface area contributed by atoms with Gasteiger partial charge in [-0.1, -0.05) is 36.4 Å². The highest BCUT2D eigenvalue weighted by Gasteiger charge is 2.31. The number of rotatable bonds is 14. The van der Waals surface area contributed by atoms with Gasteiger partial charge in [0.25, 0.3) is 5.91 Å². The quantitative estimate of drug-likeness (QED) is 0.121. The van der Waals surface area contributed by atoms with Crippen molar-refractivity contribution in [3.63, 3.8) is 0 Å². The Bertz CT molecular complexity index is 1810. The first-order valence-corrected chi connectivity index (χ1v) is 15.9. The fourth-order valence-corrected chi connectivity index (χ4v) is 4.27. The number of nitrogens with zero attached hydrogens (tertiary/aromatic N) is 2. The summed E-state index contributed by atoms with van der Waals surface area (Å²) in [5, 5.41) is 20.8. The number of methoxy groups -OCH3 is 1. The van der Waals surface area contributed by atoms with E-state index in [0.29, 0.717) is 35.7 Å². The molecule has 52 heavy (non-hydrogen) atoms. The van der Waals surface area contributed by atoms with Crippen molar-refractivity contribution in [3.8, 4) is 22.9 Å². The second-order valence-electron chi connectivity index (χ2n) is 12.4. The molecule has 1 amide bonds. The molecule has 0 saturated heterocycles. The van der Waals surface area contributed by atoms with Crippen LogP contribution < -0.4 is 20.5 Å². The van der Waals surface area contributed by atoms with E-state index in [0.717, 1.165) is 23.3 Å². The van der Waals surface area contributed by atoms with Crippen molar-refractivity contribution in [2.75, 3.05) is 13.7 Å². The zero-order chi connectivity index (χ0) is 38.7. The van der Waals surface area contributed by atoms with Crippen LogP contribution in [-0.2, 0) is 40.0 Å². The zero-order valence-corrected chi connectivity index (χ0v) is 29.3. The van der Waals surface area contributed by atoms with E-state index in [9.17, 15) is 32.7 Å². The van der Waals surface area contributed by atoms with Crippen molar-refractivity contribution >= 4 is 17.8 Å². The average molecular weight is 727 g/mol. The number of carboxylic acid groups (broad SMARTS) is 2. The Morgan fingerprint density at radius 1 is 0.788 bits per heavy atom. The summed E-state index contributed by atoms with van der Waals surface area (Å²) in [5.74, 6) is -1.44. The fourth-order valence-electron chi connectivity index (χ4n) is 4.27. The molecule has 278 valence electrons. The molecule has 0 aliphatic rings. The molecule has 0 saturated carbocycles. The number of hydrogen-bond donors (Lipinski definition) is 4. The summed E-state index contributed by atoms with van der Waals surface area (Å²) >= 11 is 0. The molecule has 0 aliphatic carbocycles. The molecule has 0 bridgehead atoms. The lowest BCUT2D eigenvalue weighted by Crippen LogP contribution is -2.37. The highest BCUT2D eigenvalue weighted by Crippen LogP contribution is 2.30. The molecule has 0 spiro atoms. The van der Waals surface area contributed by atoms with Gasteiger partial charge < -0.3 is 35.5 Å². The van der Waals surface area contributed by atoms with Crippen LogP contribution in [0.3, 0.4) is 0 Å². The predicted octanol–water partition coefficient (Wildman–Crippen LogP) is 5.91. The molecule has 1 aromatic heterocycles. The van der Waals surface area contributed by atoms with Crippen molar-refractivity contribution < 1.29 is 52.0 Å². The van der Waals surface area contributed by atoms with E-state index >= 15 is 0 Å². The van der Waals surface area contributed by atoms with E-state index in [4.69, 9.17) is 25.1 Å². The number of alkyl halides is 3. The number of halogens is 3. The Kier molecular flexibility index (Phi) is 13.8. The number of aromatic nitrogens is 2. The molecule has 0 atom stereocenters. The zero-order valence-electron chi connectivity index (χ0n) is 29.3. The van der Waals surface area contributed by atoms with Crippen molar-refractivity contribution in [2.45, 2.75) is 64.6 Å². The number of benzene rings is 3. The van der Waals surface area contributed by atoms with E-state index in [1.807, 2.05) is 12.1 Å². The number of carboxylic acids is 2. The number of nitrogens with two attached hydrogens (primary N) is 1. The van der Waals surface area contributed by atoms with Crippen LogP contribution in [0.5, 0.6) is 11.5 Å². The van der Waals surface area contributed by atoms with Crippen LogP contribution in [0, 0.1) is 0 Å². The number of nitrogens with one attached hydrogen (secondary N) is 1. The normalized spacial score (nSPS) is 11.6. The standard InChI is InChI=1S/C26H26F3N3O5.C11H15NO3/c1-25(2,24(34)35)37-19-10-4-16(5-11-19)14-31-23(33)20-15-30-22(32-21(20)12-13-36-3)17-6-8-18(9-7-17)26(27,28)29;1-11(2,10(13)14)15-9-5-3-8(7-12)4-6-9/h4-11,15H,12-14H2,1-3H3,(H,31,33)(H,34,35);3-6H,7,12H2,1-2H3,(H,13,14). The third kappa shape index (κ3) is 11.8. The Balaban J connectivity index is 0.000000406. The molecule has 0 fully saturated rings. The summed E-state index contributed by atoms with van der Waals surface area (Å²) in [4.78, 5) is 43.5. The van der Waals surface area contributed by atoms with Gasteiger partial charge in [-0.2, -0.15) is 13.2 Å². The molecule has 12 nitrogen and oxygen atoms in total. The Morgan fingerprint density at radius 2 is 1.29 bits per heavy atom. The Hall–Kier alpha value is -5.54. The fraction of sp³-hybridized carbons (Fsp3) is 0.324. The summed E-state index contributed by atoms with van der Waals surface area (Å²) < 4.78 is 54.5. The molecule has 3 aromatic carbocycles. The molecule has 4 rings (SSSR count). The van der Waals surface area contributed by atoms with E-state index in [1.165, 1.54) is 53.1 Å². The lowest BCUT2D eigenvalue weighted by molar-refractivity contribution is -0.152. The van der Waals surface area contributed by atoms with Crippen LogP contribution in [0.4, 0.5) is 13.2 Å². The van der Waals surface area contributed by atoms with E-state index in [-0.39, 0.29) is 24.5 Å². The van der Waals surface area contributed by atoms with Gasteiger partial charge in [0.05, 0.1) is 23.4 Å². The Labute approximate surface area is 298 Å². The third-order valence-corrected chi connectivity index (χ3v) is 7.44. The molecule has 5 N–H and O–H groups in total. The maximum Gasteiger partial charge on any atom is 0.416 e. The van der Waals surface area contributed by atoms with E-state index in [2.05, 4.69) is 15.3 Å². The maximum atomic E-state index is 12.9. The summed E-state index contributed by atoms with van der Waals surface area (Å²) in [6.45, 7) is 6.80. The van der Waals surface area contributed by atoms with Gasteiger partial charge in [0, 0.05) is 38.4 Å². The number of carbonyl (C=O) groups excluding carboxylic acids is 1. The molecule has 0 radical (unpaired) electrons. The van der Waals surface area contributed by atoms with Gasteiger partial charge in [-0.3, -0.25) is 4.79 Å². The Morgan fingerprint density at radius 3 is 1.73 bits per heavy atom. The first-order chi connectivity index (χ1) is 24.4. The van der Waals surface area contributed by atoms with Gasteiger partial charge in [-0.15, -0.1) is 0 Å². The van der Waals surface area contributed by atoms with Crippen LogP contribution in [-0.4, -0.2) is 62.9 Å². The molecule has 15 heteroatoms. The van der Waals surface area contributed by atoms with Crippen molar-refractivity contribution in [3.05, 3.63) is 107 Å². The van der Waals surface area contributed by atoms with Crippen molar-refractivity contribution in [2.24, 2.45) is 5.73 Å². The number of amides is 1. The van der Waals surface area contributed by atoms with E-state index in [1.54, 1.807) is 36.4 Å². The van der Waals surface area contributed by atoms with Crippen LogP contribution in [0.25, 0.3) is 11.4 Å². The van der Waals surface area contributed by atoms with Crippen molar-refractivity contribution in [1.29, 1.82) is 0 Å². The number of hydrogen-bond acceptors (Lipinski definition) is 9. The van der Waals surface area contributed by atoms with Crippen LogP contribution >= 0.6 is 0 Å². The second kappa shape index (κ2) is 17.6. The molecular formula is C37H41F3N4O8. The van der Waals surface area contributed by atoms with E-state index < -0.39 is 40.8 Å². The lowest BCUT2D eigenvalue weighted by Gasteiger charge is -2.21. The van der Waals surface area contributed by atoms with Crippen molar-refractivity contribution in [1.82, 2.24) is 15.3 Å². The first kappa shape index (κ1) is 40.9. The SMILES string of the molecule is CC(C)(Oc1ccc(CN)cc1)C(=O)O.COCCc1nc(-c2ccc(C(F)(F)F)cc2)ncc1C(=O)NCc1ccc(OC(C)(C)C(=O)O)cc1. The van der Waals surface area contributed by atoms with Crippen LogP contribution in [0.1, 0.15) is 60.4 Å². The molecule has 0 unspecified atom stereocenters. The predicted molar refractivity (Wildman–Crippen MR) is 185 cm³/mol. The summed E-state index contributed by atoms with van der Waals surface area (Å²) in [6, 6.07) is 18.1. The molecule has 1 heterocycles. The minimum Gasteiger partial charge on any atom is -0.478 e. The third-order valence-electron chi connectivity index (χ3n) is 7.44. The highest BCUT2D eigenvalue weighted by molar-refractivity contribution is 5.95. The molecular weight excluding hydrogens is 685 g/mol. The minimum atomic E-state index is -4.45. The summed E-state index contributed by atoms with van der Waals surface area (Å²) in [7, 11) is 1.50. The monoisotopic (exact) mass is 726 g/mol. The number of ether oxygens (including phenoxy) is 3. The topological polar surface area (TPSA) is 183 Å². The minimum absolute atomic E-state index is 0.172.